The summed E-state index contributed by atoms with van der Waals surface area (Å²) in [5.74, 6) is -0.396. The summed E-state index contributed by atoms with van der Waals surface area (Å²) in [5.41, 5.74) is 6.50. The minimum Gasteiger partial charge on any atom is -0.361 e. The number of rotatable bonds is 6. The van der Waals surface area contributed by atoms with Crippen LogP contribution >= 0.6 is 11.3 Å². The Labute approximate surface area is 202 Å². The lowest BCUT2D eigenvalue weighted by atomic mass is 10.1. The molecule has 4 rings (SSSR count). The minimum atomic E-state index is -0.396. The Morgan fingerprint density at radius 1 is 1.21 bits per heavy atom. The van der Waals surface area contributed by atoms with Gasteiger partial charge in [-0.05, 0) is 69.0 Å². The van der Waals surface area contributed by atoms with E-state index >= 15 is 0 Å². The number of carbonyl (C=O) groups is 1. The number of aromatic nitrogens is 2. The van der Waals surface area contributed by atoms with Gasteiger partial charge in [0.15, 0.2) is 0 Å². The summed E-state index contributed by atoms with van der Waals surface area (Å²) in [6.45, 7) is 8.29. The number of hydrogen-bond acceptors (Lipinski definition) is 4. The highest BCUT2D eigenvalue weighted by molar-refractivity contribution is 7.14. The SMILES string of the molecule is Cc1sc(-n2c(C)cc(/C=C(/C#N)C(=O)NCCc3c[nH]c4ccccc34)c2C)c(C#N)c1C. The lowest BCUT2D eigenvalue weighted by Crippen LogP contribution is -2.26. The van der Waals surface area contributed by atoms with E-state index in [1.165, 1.54) is 0 Å². The number of amides is 1. The second-order valence-electron chi connectivity index (χ2n) is 8.27. The minimum absolute atomic E-state index is 0.0539. The van der Waals surface area contributed by atoms with E-state index in [1.54, 1.807) is 17.4 Å². The highest BCUT2D eigenvalue weighted by atomic mass is 32.1. The van der Waals surface area contributed by atoms with Crippen LogP contribution in [0.1, 0.15) is 38.5 Å². The van der Waals surface area contributed by atoms with Gasteiger partial charge < -0.3 is 14.9 Å². The maximum absolute atomic E-state index is 12.7. The van der Waals surface area contributed by atoms with Gasteiger partial charge in [-0.15, -0.1) is 11.3 Å². The molecule has 2 N–H and O–H groups in total. The molecule has 1 aromatic carbocycles. The molecule has 0 saturated carbocycles. The lowest BCUT2D eigenvalue weighted by molar-refractivity contribution is -0.117. The van der Waals surface area contributed by atoms with E-state index < -0.39 is 5.91 Å². The Morgan fingerprint density at radius 3 is 2.71 bits per heavy atom. The third-order valence-electron chi connectivity index (χ3n) is 6.17. The molecule has 4 aromatic rings. The summed E-state index contributed by atoms with van der Waals surface area (Å²) in [6, 6.07) is 14.3. The average Bonchev–Trinajstić information content (AvgIpc) is 3.45. The van der Waals surface area contributed by atoms with E-state index in [2.05, 4.69) is 16.4 Å². The number of carbonyl (C=O) groups excluding carboxylic acids is 1. The zero-order valence-electron chi connectivity index (χ0n) is 19.6. The predicted molar refractivity (Wildman–Crippen MR) is 136 cm³/mol. The fraction of sp³-hybridized carbons (Fsp3) is 0.222. The highest BCUT2D eigenvalue weighted by Crippen LogP contribution is 2.34. The standard InChI is InChI=1S/C27H25N5OS/c1-16-11-21(18(3)32(16)27-24(14-29)17(2)19(4)34-27)12-22(13-28)26(33)30-10-9-20-15-31-25-8-6-5-7-23(20)25/h5-8,11-12,15,31H,9-10H2,1-4H3,(H,30,33)/b22-12-. The smallest absolute Gasteiger partial charge is 0.261 e. The number of benzene rings is 1. The van der Waals surface area contributed by atoms with Crippen molar-refractivity contribution in [1.29, 1.82) is 10.5 Å². The Balaban J connectivity index is 1.54. The zero-order chi connectivity index (χ0) is 24.4. The summed E-state index contributed by atoms with van der Waals surface area (Å²) < 4.78 is 2.03. The van der Waals surface area contributed by atoms with Crippen molar-refractivity contribution in [3.05, 3.63) is 80.6 Å². The molecule has 0 saturated heterocycles. The van der Waals surface area contributed by atoms with Crippen molar-refractivity contribution in [2.24, 2.45) is 0 Å². The van der Waals surface area contributed by atoms with Gasteiger partial charge >= 0.3 is 0 Å². The third kappa shape index (κ3) is 4.14. The fourth-order valence-corrected chi connectivity index (χ4v) is 5.41. The number of nitrogens with zero attached hydrogens (tertiary/aromatic N) is 3. The first-order valence-electron chi connectivity index (χ1n) is 11.0. The van der Waals surface area contributed by atoms with Gasteiger partial charge in [0, 0.05) is 39.9 Å². The number of para-hydroxylation sites is 1. The van der Waals surface area contributed by atoms with Gasteiger partial charge in [-0.1, -0.05) is 18.2 Å². The molecule has 0 fully saturated rings. The van der Waals surface area contributed by atoms with E-state index in [0.717, 1.165) is 48.9 Å². The molecule has 34 heavy (non-hydrogen) atoms. The first kappa shape index (κ1) is 23.1. The lowest BCUT2D eigenvalue weighted by Gasteiger charge is -2.08. The van der Waals surface area contributed by atoms with Gasteiger partial charge in [-0.2, -0.15) is 10.5 Å². The van der Waals surface area contributed by atoms with Crippen LogP contribution in [0, 0.1) is 50.4 Å². The Morgan fingerprint density at radius 2 is 1.97 bits per heavy atom. The van der Waals surface area contributed by atoms with Crippen molar-refractivity contribution in [3.8, 4) is 17.1 Å². The quantitative estimate of drug-likeness (QED) is 0.294. The molecule has 0 unspecified atom stereocenters. The topological polar surface area (TPSA) is 97.4 Å². The van der Waals surface area contributed by atoms with Gasteiger partial charge in [0.2, 0.25) is 0 Å². The van der Waals surface area contributed by atoms with Gasteiger partial charge in [-0.3, -0.25) is 4.79 Å². The van der Waals surface area contributed by atoms with Crippen molar-refractivity contribution in [1.82, 2.24) is 14.9 Å². The molecule has 6 nitrogen and oxygen atoms in total. The second kappa shape index (κ2) is 9.43. The van der Waals surface area contributed by atoms with E-state index in [-0.39, 0.29) is 5.57 Å². The molecule has 3 aromatic heterocycles. The van der Waals surface area contributed by atoms with E-state index in [0.29, 0.717) is 18.5 Å². The summed E-state index contributed by atoms with van der Waals surface area (Å²) in [6.07, 6.45) is 4.24. The largest absolute Gasteiger partial charge is 0.361 e. The van der Waals surface area contributed by atoms with Crippen LogP contribution in [0.2, 0.25) is 0 Å². The van der Waals surface area contributed by atoms with Crippen molar-refractivity contribution in [2.45, 2.75) is 34.1 Å². The maximum atomic E-state index is 12.7. The molecule has 3 heterocycles. The van der Waals surface area contributed by atoms with Crippen LogP contribution in [0.15, 0.2) is 42.1 Å². The van der Waals surface area contributed by atoms with Crippen LogP contribution in [0.5, 0.6) is 0 Å². The molecule has 0 bridgehead atoms. The van der Waals surface area contributed by atoms with Crippen LogP contribution in [0.25, 0.3) is 22.0 Å². The number of aromatic amines is 1. The number of fused-ring (bicyclic) bond motifs is 1. The molecule has 0 aliphatic carbocycles. The first-order chi connectivity index (χ1) is 16.3. The molecule has 1 amide bonds. The van der Waals surface area contributed by atoms with E-state index in [4.69, 9.17) is 0 Å². The molecule has 7 heteroatoms. The van der Waals surface area contributed by atoms with Crippen LogP contribution in [-0.2, 0) is 11.2 Å². The molecular formula is C27H25N5OS. The Hall–Kier alpha value is -4.07. The summed E-state index contributed by atoms with van der Waals surface area (Å²) in [5, 5.41) is 24.2. The molecule has 0 aliphatic heterocycles. The van der Waals surface area contributed by atoms with Crippen LogP contribution in [0.4, 0.5) is 0 Å². The van der Waals surface area contributed by atoms with E-state index in [1.807, 2.05) is 74.9 Å². The van der Waals surface area contributed by atoms with E-state index in [9.17, 15) is 15.3 Å². The molecule has 170 valence electrons. The first-order valence-corrected chi connectivity index (χ1v) is 11.8. The summed E-state index contributed by atoms with van der Waals surface area (Å²) >= 11 is 1.57. The van der Waals surface area contributed by atoms with Gasteiger partial charge in [0.1, 0.15) is 22.7 Å². The number of H-pyrrole nitrogens is 1. The fourth-order valence-electron chi connectivity index (χ4n) is 4.19. The van der Waals surface area contributed by atoms with Crippen LogP contribution < -0.4 is 5.32 Å². The van der Waals surface area contributed by atoms with Crippen molar-refractivity contribution in [3.63, 3.8) is 0 Å². The second-order valence-corrected chi connectivity index (χ2v) is 9.48. The Bertz CT molecular complexity index is 1520. The zero-order valence-corrected chi connectivity index (χ0v) is 20.4. The number of nitriles is 2. The third-order valence-corrected chi connectivity index (χ3v) is 7.36. The van der Waals surface area contributed by atoms with Crippen molar-refractivity contribution < 1.29 is 4.79 Å². The van der Waals surface area contributed by atoms with Gasteiger partial charge in [0.05, 0.1) is 5.56 Å². The number of aryl methyl sites for hydroxylation is 2. The van der Waals surface area contributed by atoms with Crippen LogP contribution in [0.3, 0.4) is 0 Å². The average molecular weight is 468 g/mol. The normalized spacial score (nSPS) is 11.4. The molecular weight excluding hydrogens is 442 g/mol. The molecule has 0 spiro atoms. The van der Waals surface area contributed by atoms with Crippen molar-refractivity contribution >= 4 is 34.2 Å². The summed E-state index contributed by atoms with van der Waals surface area (Å²) in [7, 11) is 0. The maximum Gasteiger partial charge on any atom is 0.261 e. The highest BCUT2D eigenvalue weighted by Gasteiger charge is 2.19. The number of hydrogen-bond donors (Lipinski definition) is 2. The monoisotopic (exact) mass is 467 g/mol. The summed E-state index contributed by atoms with van der Waals surface area (Å²) in [4.78, 5) is 17.1. The predicted octanol–water partition coefficient (Wildman–Crippen LogP) is 5.39. The molecule has 0 aliphatic rings. The van der Waals surface area contributed by atoms with Gasteiger partial charge in [0.25, 0.3) is 5.91 Å². The number of nitrogens with one attached hydrogen (secondary N) is 2. The Kier molecular flexibility index (Phi) is 6.40. The van der Waals surface area contributed by atoms with Crippen molar-refractivity contribution in [2.75, 3.05) is 6.54 Å². The molecule has 0 radical (unpaired) electrons. The van der Waals surface area contributed by atoms with Crippen LogP contribution in [-0.4, -0.2) is 22.0 Å². The van der Waals surface area contributed by atoms with Gasteiger partial charge in [-0.25, -0.2) is 0 Å². The number of thiophene rings is 1. The molecule has 0 atom stereocenters.